The van der Waals surface area contributed by atoms with Crippen LogP contribution < -0.4 is 4.72 Å². The standard InChI is InChI=1S/C11H16BrNO3S/c1-2-3-10(8-14)13-17(15,16)11-6-4-9(12)5-7-11/h4-7,10,13-14H,2-3,8H2,1H3. The number of aliphatic hydroxyl groups excluding tert-OH is 1. The lowest BCUT2D eigenvalue weighted by Crippen LogP contribution is -2.37. The lowest BCUT2D eigenvalue weighted by molar-refractivity contribution is 0.250. The second-order valence-electron chi connectivity index (χ2n) is 3.74. The minimum Gasteiger partial charge on any atom is -0.395 e. The summed E-state index contributed by atoms with van der Waals surface area (Å²) < 4.78 is 27.2. The van der Waals surface area contributed by atoms with Crippen molar-refractivity contribution in [3.63, 3.8) is 0 Å². The topological polar surface area (TPSA) is 66.4 Å². The molecule has 2 N–H and O–H groups in total. The van der Waals surface area contributed by atoms with Gasteiger partial charge in [0.2, 0.25) is 10.0 Å². The molecule has 1 rings (SSSR count). The number of hydrogen-bond acceptors (Lipinski definition) is 3. The highest BCUT2D eigenvalue weighted by atomic mass is 79.9. The van der Waals surface area contributed by atoms with E-state index >= 15 is 0 Å². The van der Waals surface area contributed by atoms with E-state index in [1.165, 1.54) is 12.1 Å². The predicted molar refractivity (Wildman–Crippen MR) is 70.2 cm³/mol. The Hall–Kier alpha value is -0.430. The molecule has 0 radical (unpaired) electrons. The molecule has 1 unspecified atom stereocenters. The van der Waals surface area contributed by atoms with Crippen molar-refractivity contribution in [2.24, 2.45) is 0 Å². The summed E-state index contributed by atoms with van der Waals surface area (Å²) in [5.74, 6) is 0. The summed E-state index contributed by atoms with van der Waals surface area (Å²) >= 11 is 3.25. The van der Waals surface area contributed by atoms with Gasteiger partial charge in [0.1, 0.15) is 0 Å². The zero-order chi connectivity index (χ0) is 12.9. The molecule has 0 heterocycles. The van der Waals surface area contributed by atoms with Crippen molar-refractivity contribution in [2.75, 3.05) is 6.61 Å². The van der Waals surface area contributed by atoms with Gasteiger partial charge < -0.3 is 5.11 Å². The van der Waals surface area contributed by atoms with Gasteiger partial charge in [-0.15, -0.1) is 0 Å². The Kier molecular flexibility index (Phi) is 5.58. The van der Waals surface area contributed by atoms with Crippen molar-refractivity contribution in [2.45, 2.75) is 30.7 Å². The molecule has 4 nitrogen and oxygen atoms in total. The van der Waals surface area contributed by atoms with Gasteiger partial charge in [0.25, 0.3) is 0 Å². The Labute approximate surface area is 110 Å². The lowest BCUT2D eigenvalue weighted by atomic mass is 10.2. The molecule has 0 amide bonds. The number of aliphatic hydroxyl groups is 1. The van der Waals surface area contributed by atoms with E-state index in [0.717, 1.165) is 10.9 Å². The van der Waals surface area contributed by atoms with E-state index in [2.05, 4.69) is 20.7 Å². The molecule has 0 fully saturated rings. The summed E-state index contributed by atoms with van der Waals surface area (Å²) in [6.45, 7) is 1.75. The van der Waals surface area contributed by atoms with E-state index in [-0.39, 0.29) is 11.5 Å². The maximum Gasteiger partial charge on any atom is 0.240 e. The number of rotatable bonds is 6. The number of benzene rings is 1. The third-order valence-electron chi connectivity index (χ3n) is 2.30. The highest BCUT2D eigenvalue weighted by Crippen LogP contribution is 2.15. The second kappa shape index (κ2) is 6.49. The Morgan fingerprint density at radius 3 is 2.41 bits per heavy atom. The van der Waals surface area contributed by atoms with Crippen molar-refractivity contribution >= 4 is 26.0 Å². The van der Waals surface area contributed by atoms with Crippen LogP contribution in [0.4, 0.5) is 0 Å². The highest BCUT2D eigenvalue weighted by Gasteiger charge is 2.18. The van der Waals surface area contributed by atoms with Crippen LogP contribution in [0.15, 0.2) is 33.6 Å². The van der Waals surface area contributed by atoms with Crippen LogP contribution in [-0.4, -0.2) is 26.2 Å². The van der Waals surface area contributed by atoms with E-state index in [1.54, 1.807) is 12.1 Å². The molecule has 0 aromatic heterocycles. The van der Waals surface area contributed by atoms with Crippen LogP contribution >= 0.6 is 15.9 Å². The Bertz CT molecular complexity index is 444. The van der Waals surface area contributed by atoms with Crippen LogP contribution in [0.2, 0.25) is 0 Å². The molecule has 0 saturated heterocycles. The molecule has 17 heavy (non-hydrogen) atoms. The normalized spacial score (nSPS) is 13.6. The van der Waals surface area contributed by atoms with Crippen molar-refractivity contribution < 1.29 is 13.5 Å². The van der Waals surface area contributed by atoms with Gasteiger partial charge in [-0.3, -0.25) is 0 Å². The largest absolute Gasteiger partial charge is 0.395 e. The van der Waals surface area contributed by atoms with Gasteiger partial charge >= 0.3 is 0 Å². The minimum atomic E-state index is -3.54. The van der Waals surface area contributed by atoms with E-state index in [4.69, 9.17) is 5.11 Å². The Morgan fingerprint density at radius 2 is 1.94 bits per heavy atom. The quantitative estimate of drug-likeness (QED) is 0.840. The molecular weight excluding hydrogens is 306 g/mol. The van der Waals surface area contributed by atoms with Gasteiger partial charge in [-0.2, -0.15) is 0 Å². The van der Waals surface area contributed by atoms with Gasteiger partial charge in [-0.05, 0) is 30.7 Å². The zero-order valence-corrected chi connectivity index (χ0v) is 12.0. The summed E-state index contributed by atoms with van der Waals surface area (Å²) in [5.41, 5.74) is 0. The molecule has 1 aromatic carbocycles. The maximum atomic E-state index is 12.0. The molecule has 0 aliphatic heterocycles. The highest BCUT2D eigenvalue weighted by molar-refractivity contribution is 9.10. The smallest absolute Gasteiger partial charge is 0.240 e. The van der Waals surface area contributed by atoms with E-state index in [1.807, 2.05) is 6.92 Å². The third-order valence-corrected chi connectivity index (χ3v) is 4.37. The molecule has 6 heteroatoms. The fourth-order valence-corrected chi connectivity index (χ4v) is 2.96. The lowest BCUT2D eigenvalue weighted by Gasteiger charge is -2.15. The number of hydrogen-bond donors (Lipinski definition) is 2. The van der Waals surface area contributed by atoms with Gasteiger partial charge in [-0.1, -0.05) is 29.3 Å². The predicted octanol–water partition coefficient (Wildman–Crippen LogP) is 1.89. The molecule has 0 bridgehead atoms. The average Bonchev–Trinajstić information content (AvgIpc) is 2.28. The van der Waals surface area contributed by atoms with Crippen molar-refractivity contribution in [1.82, 2.24) is 4.72 Å². The number of nitrogens with one attached hydrogen (secondary N) is 1. The third kappa shape index (κ3) is 4.39. The van der Waals surface area contributed by atoms with Crippen molar-refractivity contribution in [1.29, 1.82) is 0 Å². The molecule has 0 saturated carbocycles. The van der Waals surface area contributed by atoms with Gasteiger partial charge in [0, 0.05) is 10.5 Å². The maximum absolute atomic E-state index is 12.0. The van der Waals surface area contributed by atoms with Crippen molar-refractivity contribution in [3.05, 3.63) is 28.7 Å². The first-order chi connectivity index (χ1) is 7.99. The first-order valence-corrected chi connectivity index (χ1v) is 7.66. The summed E-state index contributed by atoms with van der Waals surface area (Å²) in [7, 11) is -3.54. The monoisotopic (exact) mass is 321 g/mol. The first-order valence-electron chi connectivity index (χ1n) is 5.38. The van der Waals surface area contributed by atoms with Crippen LogP contribution in [0.3, 0.4) is 0 Å². The molecule has 96 valence electrons. The van der Waals surface area contributed by atoms with Crippen LogP contribution in [0.5, 0.6) is 0 Å². The number of sulfonamides is 1. The van der Waals surface area contributed by atoms with E-state index in [0.29, 0.717) is 6.42 Å². The van der Waals surface area contributed by atoms with Gasteiger partial charge in [0.15, 0.2) is 0 Å². The zero-order valence-electron chi connectivity index (χ0n) is 9.56. The molecule has 1 atom stereocenters. The molecule has 0 spiro atoms. The summed E-state index contributed by atoms with van der Waals surface area (Å²) in [4.78, 5) is 0.204. The number of halogens is 1. The molecule has 0 aliphatic carbocycles. The van der Waals surface area contributed by atoms with Gasteiger partial charge in [-0.25, -0.2) is 13.1 Å². The Balaban J connectivity index is 2.84. The van der Waals surface area contributed by atoms with Crippen LogP contribution in [0, 0.1) is 0 Å². The molecule has 1 aromatic rings. The average molecular weight is 322 g/mol. The van der Waals surface area contributed by atoms with E-state index < -0.39 is 16.1 Å². The molecule has 0 aliphatic rings. The van der Waals surface area contributed by atoms with Crippen LogP contribution in [0.25, 0.3) is 0 Å². The summed E-state index contributed by atoms with van der Waals surface area (Å²) in [5, 5.41) is 9.08. The fraction of sp³-hybridized carbons (Fsp3) is 0.455. The van der Waals surface area contributed by atoms with E-state index in [9.17, 15) is 8.42 Å². The first kappa shape index (κ1) is 14.6. The fourth-order valence-electron chi connectivity index (χ4n) is 1.44. The minimum absolute atomic E-state index is 0.191. The van der Waals surface area contributed by atoms with Gasteiger partial charge in [0.05, 0.1) is 11.5 Å². The van der Waals surface area contributed by atoms with Crippen LogP contribution in [-0.2, 0) is 10.0 Å². The van der Waals surface area contributed by atoms with Crippen molar-refractivity contribution in [3.8, 4) is 0 Å². The Morgan fingerprint density at radius 1 is 1.35 bits per heavy atom. The molecular formula is C11H16BrNO3S. The van der Waals surface area contributed by atoms with Crippen LogP contribution in [0.1, 0.15) is 19.8 Å². The summed E-state index contributed by atoms with van der Waals surface area (Å²) in [6.07, 6.45) is 1.43. The SMILES string of the molecule is CCCC(CO)NS(=O)(=O)c1ccc(Br)cc1. The second-order valence-corrected chi connectivity index (χ2v) is 6.37. The summed E-state index contributed by atoms with van der Waals surface area (Å²) in [6, 6.07) is 5.96.